The van der Waals surface area contributed by atoms with E-state index < -0.39 is 5.91 Å². The summed E-state index contributed by atoms with van der Waals surface area (Å²) in [6, 6.07) is 1.80. The van der Waals surface area contributed by atoms with Gasteiger partial charge in [0.2, 0.25) is 0 Å². The van der Waals surface area contributed by atoms with Crippen LogP contribution >= 0.6 is 0 Å². The summed E-state index contributed by atoms with van der Waals surface area (Å²) in [5.74, 6) is 0.0891. The number of nitrogens with two attached hydrogens (primary N) is 1. The van der Waals surface area contributed by atoms with Crippen molar-refractivity contribution in [3.63, 3.8) is 0 Å². The van der Waals surface area contributed by atoms with Crippen molar-refractivity contribution in [1.29, 1.82) is 0 Å². The van der Waals surface area contributed by atoms with Gasteiger partial charge in [-0.15, -0.1) is 0 Å². The zero-order valence-corrected chi connectivity index (χ0v) is 12.1. The molecule has 0 aliphatic carbocycles. The number of primary amides is 1. The Kier molecular flexibility index (Phi) is 5.35. The van der Waals surface area contributed by atoms with Gasteiger partial charge in [-0.05, 0) is 37.9 Å². The van der Waals surface area contributed by atoms with Crippen LogP contribution in [0.25, 0.3) is 0 Å². The number of pyridine rings is 1. The highest BCUT2D eigenvalue weighted by atomic mass is 16.1. The number of amides is 1. The Morgan fingerprint density at radius 2 is 2.20 bits per heavy atom. The molecule has 1 unspecified atom stereocenters. The summed E-state index contributed by atoms with van der Waals surface area (Å²) in [6.45, 7) is 6.59. The molecule has 2 heterocycles. The lowest BCUT2D eigenvalue weighted by atomic mass is 10.1. The molecule has 1 fully saturated rings. The van der Waals surface area contributed by atoms with Crippen molar-refractivity contribution in [1.82, 2.24) is 9.88 Å². The molecule has 3 N–H and O–H groups in total. The van der Waals surface area contributed by atoms with Crippen molar-refractivity contribution in [3.8, 4) is 0 Å². The molecule has 1 saturated heterocycles. The van der Waals surface area contributed by atoms with E-state index in [4.69, 9.17) is 5.73 Å². The Hall–Kier alpha value is -1.62. The van der Waals surface area contributed by atoms with Crippen LogP contribution < -0.4 is 11.1 Å². The summed E-state index contributed by atoms with van der Waals surface area (Å²) in [4.78, 5) is 17.8. The molecule has 1 aliphatic rings. The number of hydrogen-bond acceptors (Lipinski definition) is 4. The molecule has 0 aromatic carbocycles. The van der Waals surface area contributed by atoms with Crippen LogP contribution in [0.2, 0.25) is 0 Å². The van der Waals surface area contributed by atoms with Gasteiger partial charge < -0.3 is 16.0 Å². The molecule has 0 bridgehead atoms. The molecule has 1 aromatic rings. The number of hydrogen-bond donors (Lipinski definition) is 2. The van der Waals surface area contributed by atoms with Crippen LogP contribution in [0.5, 0.6) is 0 Å². The molecule has 110 valence electrons. The van der Waals surface area contributed by atoms with Gasteiger partial charge in [-0.25, -0.2) is 0 Å². The van der Waals surface area contributed by atoms with Gasteiger partial charge in [-0.2, -0.15) is 0 Å². The van der Waals surface area contributed by atoms with Gasteiger partial charge in [-0.3, -0.25) is 9.78 Å². The van der Waals surface area contributed by atoms with Crippen molar-refractivity contribution >= 4 is 11.6 Å². The second-order valence-corrected chi connectivity index (χ2v) is 5.63. The van der Waals surface area contributed by atoms with Crippen molar-refractivity contribution in [2.45, 2.75) is 26.2 Å². The third-order valence-electron chi connectivity index (χ3n) is 3.75. The molecule has 2 rings (SSSR count). The first kappa shape index (κ1) is 14.8. The van der Waals surface area contributed by atoms with E-state index in [1.807, 2.05) is 0 Å². The predicted octanol–water partition coefficient (Wildman–Crippen LogP) is 1.71. The lowest BCUT2D eigenvalue weighted by Crippen LogP contribution is -2.35. The molecule has 1 aromatic heterocycles. The van der Waals surface area contributed by atoms with Crippen LogP contribution in [0.3, 0.4) is 0 Å². The number of piperidine rings is 1. The molecule has 0 saturated carbocycles. The molecular formula is C15H24N4O. The van der Waals surface area contributed by atoms with Gasteiger partial charge in [0.05, 0.1) is 11.3 Å². The van der Waals surface area contributed by atoms with Crippen LogP contribution in [0.15, 0.2) is 18.5 Å². The van der Waals surface area contributed by atoms with E-state index in [0.29, 0.717) is 11.5 Å². The number of nitrogens with one attached hydrogen (secondary N) is 1. The minimum Gasteiger partial charge on any atom is -0.384 e. The van der Waals surface area contributed by atoms with Gasteiger partial charge in [0.25, 0.3) is 5.91 Å². The van der Waals surface area contributed by atoms with Gasteiger partial charge in [0.1, 0.15) is 0 Å². The molecule has 0 spiro atoms. The fourth-order valence-corrected chi connectivity index (χ4v) is 2.68. The number of carbonyl (C=O) groups is 1. The minimum atomic E-state index is -0.440. The standard InChI is InChI=1S/C15H24N4O/c1-12(11-19-7-3-2-4-8-19)9-18-14-5-6-17-10-13(14)15(16)20/h5-6,10,12H,2-4,7-9,11H2,1H3,(H2,16,20)(H,17,18). The zero-order chi connectivity index (χ0) is 14.4. The Bertz CT molecular complexity index is 443. The molecule has 5 nitrogen and oxygen atoms in total. The number of carbonyl (C=O) groups excluding carboxylic acids is 1. The number of likely N-dealkylation sites (tertiary alicyclic amines) is 1. The largest absolute Gasteiger partial charge is 0.384 e. The first-order valence-corrected chi connectivity index (χ1v) is 7.37. The number of nitrogens with zero attached hydrogens (tertiary/aromatic N) is 2. The highest BCUT2D eigenvalue weighted by Gasteiger charge is 2.14. The predicted molar refractivity (Wildman–Crippen MR) is 80.7 cm³/mol. The summed E-state index contributed by atoms with van der Waals surface area (Å²) >= 11 is 0. The van der Waals surface area contributed by atoms with Gasteiger partial charge in [0, 0.05) is 25.5 Å². The van der Waals surface area contributed by atoms with Crippen LogP contribution in [-0.4, -0.2) is 42.0 Å². The summed E-state index contributed by atoms with van der Waals surface area (Å²) in [7, 11) is 0. The Labute approximate surface area is 120 Å². The minimum absolute atomic E-state index is 0.440. The first-order chi connectivity index (χ1) is 9.66. The van der Waals surface area contributed by atoms with E-state index >= 15 is 0 Å². The van der Waals surface area contributed by atoms with Crippen LogP contribution in [0, 0.1) is 5.92 Å². The molecule has 1 aliphatic heterocycles. The fourth-order valence-electron chi connectivity index (χ4n) is 2.68. The summed E-state index contributed by atoms with van der Waals surface area (Å²) < 4.78 is 0. The maximum atomic E-state index is 11.3. The maximum absolute atomic E-state index is 11.3. The van der Waals surface area contributed by atoms with Crippen molar-refractivity contribution < 1.29 is 4.79 Å². The molecule has 0 radical (unpaired) electrons. The van der Waals surface area contributed by atoms with Crippen LogP contribution in [0.1, 0.15) is 36.5 Å². The van der Waals surface area contributed by atoms with E-state index in [1.165, 1.54) is 38.5 Å². The molecule has 5 heteroatoms. The Morgan fingerprint density at radius 1 is 1.45 bits per heavy atom. The van der Waals surface area contributed by atoms with E-state index in [0.717, 1.165) is 18.8 Å². The maximum Gasteiger partial charge on any atom is 0.252 e. The quantitative estimate of drug-likeness (QED) is 0.830. The Balaban J connectivity index is 1.83. The second kappa shape index (κ2) is 7.24. The SMILES string of the molecule is CC(CNc1ccncc1C(N)=O)CN1CCCCC1. The third kappa shape index (κ3) is 4.20. The van der Waals surface area contributed by atoms with Gasteiger partial charge in [-0.1, -0.05) is 13.3 Å². The van der Waals surface area contributed by atoms with Crippen molar-refractivity contribution in [2.24, 2.45) is 11.7 Å². The number of anilines is 1. The smallest absolute Gasteiger partial charge is 0.252 e. The normalized spacial score (nSPS) is 17.6. The third-order valence-corrected chi connectivity index (χ3v) is 3.75. The highest BCUT2D eigenvalue weighted by Crippen LogP contribution is 2.15. The average molecular weight is 276 g/mol. The van der Waals surface area contributed by atoms with E-state index in [2.05, 4.69) is 22.1 Å². The van der Waals surface area contributed by atoms with E-state index in [1.54, 1.807) is 12.3 Å². The first-order valence-electron chi connectivity index (χ1n) is 7.37. The average Bonchev–Trinajstić information content (AvgIpc) is 2.46. The topological polar surface area (TPSA) is 71.2 Å². The number of aromatic nitrogens is 1. The molecule has 1 amide bonds. The molecule has 1 atom stereocenters. The molecular weight excluding hydrogens is 252 g/mol. The van der Waals surface area contributed by atoms with E-state index in [9.17, 15) is 4.79 Å². The number of rotatable bonds is 6. The Morgan fingerprint density at radius 3 is 2.90 bits per heavy atom. The monoisotopic (exact) mass is 276 g/mol. The lowest BCUT2D eigenvalue weighted by Gasteiger charge is -2.29. The zero-order valence-electron chi connectivity index (χ0n) is 12.1. The van der Waals surface area contributed by atoms with Crippen LogP contribution in [0.4, 0.5) is 5.69 Å². The fraction of sp³-hybridized carbons (Fsp3) is 0.600. The summed E-state index contributed by atoms with van der Waals surface area (Å²) in [6.07, 6.45) is 7.18. The van der Waals surface area contributed by atoms with Crippen molar-refractivity contribution in [3.05, 3.63) is 24.0 Å². The summed E-state index contributed by atoms with van der Waals surface area (Å²) in [5, 5.41) is 3.32. The van der Waals surface area contributed by atoms with E-state index in [-0.39, 0.29) is 0 Å². The highest BCUT2D eigenvalue weighted by molar-refractivity contribution is 5.98. The summed E-state index contributed by atoms with van der Waals surface area (Å²) in [5.41, 5.74) is 6.58. The van der Waals surface area contributed by atoms with Crippen molar-refractivity contribution in [2.75, 3.05) is 31.5 Å². The van der Waals surface area contributed by atoms with Gasteiger partial charge >= 0.3 is 0 Å². The van der Waals surface area contributed by atoms with Gasteiger partial charge in [0.15, 0.2) is 0 Å². The van der Waals surface area contributed by atoms with Crippen LogP contribution in [-0.2, 0) is 0 Å². The second-order valence-electron chi connectivity index (χ2n) is 5.63. The lowest BCUT2D eigenvalue weighted by molar-refractivity contribution is 0.100. The molecule has 20 heavy (non-hydrogen) atoms.